The molecule has 2 aliphatic heterocycles. The van der Waals surface area contributed by atoms with Crippen molar-refractivity contribution in [1.29, 1.82) is 5.26 Å². The van der Waals surface area contributed by atoms with Gasteiger partial charge in [-0.3, -0.25) is 4.31 Å². The highest BCUT2D eigenvalue weighted by atomic mass is 79.9. The summed E-state index contributed by atoms with van der Waals surface area (Å²) in [5, 5.41) is 9.93. The van der Waals surface area contributed by atoms with E-state index in [2.05, 4.69) is 22.0 Å². The molecule has 0 unspecified atom stereocenters. The summed E-state index contributed by atoms with van der Waals surface area (Å²) in [7, 11) is -2.55. The molecule has 2 heterocycles. The third-order valence-electron chi connectivity index (χ3n) is 6.05. The summed E-state index contributed by atoms with van der Waals surface area (Å²) >= 11 is 3.41. The summed E-state index contributed by atoms with van der Waals surface area (Å²) in [5.41, 5.74) is 8.68. The molecule has 2 N–H and O–H groups in total. The third kappa shape index (κ3) is 3.85. The minimum Gasteiger partial charge on any atom is -0.497 e. The Bertz CT molecular complexity index is 1520. The number of anilines is 1. The predicted octanol–water partition coefficient (Wildman–Crippen LogP) is 4.98. The molecule has 0 radical (unpaired) electrons. The summed E-state index contributed by atoms with van der Waals surface area (Å²) in [4.78, 5) is -0.00205. The number of nitriles is 1. The molecule has 0 amide bonds. The van der Waals surface area contributed by atoms with Crippen LogP contribution in [0.5, 0.6) is 5.75 Å². The van der Waals surface area contributed by atoms with Gasteiger partial charge in [-0.05, 0) is 47.5 Å². The Hall–Kier alpha value is -3.74. The second-order valence-corrected chi connectivity index (χ2v) is 10.8. The van der Waals surface area contributed by atoms with Crippen molar-refractivity contribution < 1.29 is 17.9 Å². The van der Waals surface area contributed by atoms with Crippen molar-refractivity contribution >= 4 is 37.4 Å². The fraction of sp³-hybridized carbons (Fsp3) is 0.115. The summed E-state index contributed by atoms with van der Waals surface area (Å²) in [6.45, 7) is 0.0915. The molecule has 35 heavy (non-hydrogen) atoms. The van der Waals surface area contributed by atoms with E-state index >= 15 is 0 Å². The lowest BCUT2D eigenvalue weighted by molar-refractivity contribution is 0.357. The Morgan fingerprint density at radius 3 is 2.43 bits per heavy atom. The molecule has 0 bridgehead atoms. The maximum absolute atomic E-state index is 14.2. The number of benzene rings is 3. The van der Waals surface area contributed by atoms with Crippen LogP contribution in [0.2, 0.25) is 0 Å². The van der Waals surface area contributed by atoms with E-state index in [1.807, 2.05) is 18.2 Å². The van der Waals surface area contributed by atoms with E-state index in [-0.39, 0.29) is 28.7 Å². The summed E-state index contributed by atoms with van der Waals surface area (Å²) in [5.74, 6) is -0.187. The number of ether oxygens (including phenoxy) is 2. The number of halogens is 1. The first kappa shape index (κ1) is 23.0. The first-order valence-electron chi connectivity index (χ1n) is 10.7. The van der Waals surface area contributed by atoms with Crippen LogP contribution in [-0.2, 0) is 21.3 Å². The van der Waals surface area contributed by atoms with Crippen molar-refractivity contribution in [3.63, 3.8) is 0 Å². The Balaban J connectivity index is 1.72. The first-order valence-corrected chi connectivity index (χ1v) is 12.9. The fourth-order valence-electron chi connectivity index (χ4n) is 4.36. The van der Waals surface area contributed by atoms with Gasteiger partial charge >= 0.3 is 0 Å². The van der Waals surface area contributed by atoms with Crippen molar-refractivity contribution in [2.45, 2.75) is 12.5 Å². The van der Waals surface area contributed by atoms with E-state index in [9.17, 15) is 13.7 Å². The van der Waals surface area contributed by atoms with Gasteiger partial charge in [0.1, 0.15) is 22.3 Å². The van der Waals surface area contributed by atoms with Crippen LogP contribution < -0.4 is 14.8 Å². The van der Waals surface area contributed by atoms with E-state index in [0.717, 1.165) is 10.0 Å². The lowest BCUT2D eigenvalue weighted by Crippen LogP contribution is -2.39. The highest BCUT2D eigenvalue weighted by Crippen LogP contribution is 2.51. The molecule has 2 aliphatic rings. The van der Waals surface area contributed by atoms with Gasteiger partial charge in [0, 0.05) is 10.0 Å². The monoisotopic (exact) mass is 549 g/mol. The molecule has 5 rings (SSSR count). The zero-order chi connectivity index (χ0) is 24.7. The summed E-state index contributed by atoms with van der Waals surface area (Å²) in [6.07, 6.45) is 0. The normalized spacial score (nSPS) is 18.3. The zero-order valence-corrected chi connectivity index (χ0v) is 21.0. The maximum atomic E-state index is 14.2. The molecular formula is C26H20BrN3O4S. The van der Waals surface area contributed by atoms with Gasteiger partial charge in [0.05, 0.1) is 25.3 Å². The standard InChI is InChI=1S/C26H20BrN3O4S/c1-33-19-12-6-16(7-13-19)15-30-22-5-3-2-4-20(22)24-25(35(30,31)32)23(21(14-28)26(29)34-24)17-8-10-18(27)11-9-17/h2-13,23H,15,29H2,1H3/t23-/m0/s1. The second-order valence-electron chi connectivity index (χ2n) is 8.05. The zero-order valence-electron chi connectivity index (χ0n) is 18.6. The molecule has 176 valence electrons. The molecule has 9 heteroatoms. The van der Waals surface area contributed by atoms with E-state index in [1.165, 1.54) is 4.31 Å². The van der Waals surface area contributed by atoms with E-state index in [4.69, 9.17) is 15.2 Å². The van der Waals surface area contributed by atoms with Gasteiger partial charge in [-0.15, -0.1) is 0 Å². The lowest BCUT2D eigenvalue weighted by Gasteiger charge is -2.38. The first-order chi connectivity index (χ1) is 16.8. The maximum Gasteiger partial charge on any atom is 0.265 e. The topological polar surface area (TPSA) is 106 Å². The number of hydrogen-bond acceptors (Lipinski definition) is 6. The van der Waals surface area contributed by atoms with Crippen LogP contribution in [0.4, 0.5) is 5.69 Å². The number of sulfonamides is 1. The molecule has 0 fully saturated rings. The van der Waals surface area contributed by atoms with Crippen molar-refractivity contribution in [1.82, 2.24) is 0 Å². The molecule has 0 saturated carbocycles. The lowest BCUT2D eigenvalue weighted by atomic mass is 9.88. The smallest absolute Gasteiger partial charge is 0.265 e. The van der Waals surface area contributed by atoms with Gasteiger partial charge in [0.15, 0.2) is 5.76 Å². The molecule has 0 spiro atoms. The number of hydrogen-bond donors (Lipinski definition) is 1. The van der Waals surface area contributed by atoms with Gasteiger partial charge in [0.2, 0.25) is 5.88 Å². The van der Waals surface area contributed by atoms with Crippen LogP contribution in [-0.4, -0.2) is 15.5 Å². The van der Waals surface area contributed by atoms with E-state index in [1.54, 1.807) is 61.7 Å². The van der Waals surface area contributed by atoms with Crippen LogP contribution in [0.3, 0.4) is 0 Å². The van der Waals surface area contributed by atoms with Gasteiger partial charge in [-0.1, -0.05) is 52.3 Å². The van der Waals surface area contributed by atoms with E-state index < -0.39 is 15.9 Å². The van der Waals surface area contributed by atoms with Crippen molar-refractivity contribution in [3.8, 4) is 11.8 Å². The number of para-hydroxylation sites is 1. The summed E-state index contributed by atoms with van der Waals surface area (Å²) < 4.78 is 41.7. The number of allylic oxidation sites excluding steroid dienone is 2. The number of nitrogens with two attached hydrogens (primary N) is 1. The molecule has 1 atom stereocenters. The van der Waals surface area contributed by atoms with Gasteiger partial charge in [-0.2, -0.15) is 5.26 Å². The molecule has 3 aromatic rings. The molecule has 3 aromatic carbocycles. The minimum absolute atomic E-state index is 0.00205. The molecule has 0 saturated heterocycles. The number of methoxy groups -OCH3 is 1. The Labute approximate surface area is 211 Å². The number of nitrogens with zero attached hydrogens (tertiary/aromatic N) is 2. The largest absolute Gasteiger partial charge is 0.497 e. The molecule has 0 aromatic heterocycles. The predicted molar refractivity (Wildman–Crippen MR) is 136 cm³/mol. The fourth-order valence-corrected chi connectivity index (χ4v) is 6.54. The van der Waals surface area contributed by atoms with E-state index in [0.29, 0.717) is 22.6 Å². The number of fused-ring (bicyclic) bond motifs is 2. The third-order valence-corrected chi connectivity index (χ3v) is 8.46. The van der Waals surface area contributed by atoms with Crippen LogP contribution in [0.25, 0.3) is 5.76 Å². The molecule has 0 aliphatic carbocycles. The van der Waals surface area contributed by atoms with Gasteiger partial charge in [0.25, 0.3) is 10.0 Å². The minimum atomic E-state index is -4.12. The second kappa shape index (κ2) is 8.80. The Morgan fingerprint density at radius 1 is 1.09 bits per heavy atom. The van der Waals surface area contributed by atoms with Crippen molar-refractivity contribution in [3.05, 3.63) is 110 Å². The van der Waals surface area contributed by atoms with Crippen molar-refractivity contribution in [2.75, 3.05) is 11.4 Å². The Kier molecular flexibility index (Phi) is 5.79. The highest BCUT2D eigenvalue weighted by molar-refractivity contribution is 9.10. The highest BCUT2D eigenvalue weighted by Gasteiger charge is 2.47. The van der Waals surface area contributed by atoms with Crippen molar-refractivity contribution in [2.24, 2.45) is 5.73 Å². The SMILES string of the molecule is COc1ccc(CN2c3ccccc3C3=C([C@@H](c4ccc(Br)cc4)C(C#N)=C(N)O3)S2(=O)=O)cc1. The Morgan fingerprint density at radius 2 is 1.77 bits per heavy atom. The van der Waals surface area contributed by atoms with Crippen LogP contribution in [0, 0.1) is 11.3 Å². The average molecular weight is 550 g/mol. The number of rotatable bonds is 4. The van der Waals surface area contributed by atoms with Gasteiger partial charge < -0.3 is 15.2 Å². The van der Waals surface area contributed by atoms with Crippen LogP contribution >= 0.6 is 15.9 Å². The quantitative estimate of drug-likeness (QED) is 0.491. The average Bonchev–Trinajstić information content (AvgIpc) is 2.86. The van der Waals surface area contributed by atoms with Crippen LogP contribution in [0.15, 0.2) is 93.6 Å². The van der Waals surface area contributed by atoms with Gasteiger partial charge in [-0.25, -0.2) is 8.42 Å². The summed E-state index contributed by atoms with van der Waals surface area (Å²) in [6, 6.07) is 23.6. The molecule has 7 nitrogen and oxygen atoms in total. The van der Waals surface area contributed by atoms with Crippen LogP contribution in [0.1, 0.15) is 22.6 Å². The molecular weight excluding hydrogens is 530 g/mol.